The van der Waals surface area contributed by atoms with E-state index in [1.54, 1.807) is 26.4 Å². The highest BCUT2D eigenvalue weighted by Gasteiger charge is 2.13. The summed E-state index contributed by atoms with van der Waals surface area (Å²) in [5.41, 5.74) is 2.33. The van der Waals surface area contributed by atoms with Crippen LogP contribution in [-0.2, 0) is 0 Å². The van der Waals surface area contributed by atoms with Crippen molar-refractivity contribution in [3.63, 3.8) is 0 Å². The van der Waals surface area contributed by atoms with E-state index in [1.165, 1.54) is 12.1 Å². The average molecular weight is 298 g/mol. The summed E-state index contributed by atoms with van der Waals surface area (Å²) in [5, 5.41) is 9.04. The van der Waals surface area contributed by atoms with E-state index < -0.39 is 5.97 Å². The molecule has 112 valence electrons. The minimum Gasteiger partial charge on any atom is -0.497 e. The summed E-state index contributed by atoms with van der Waals surface area (Å²) in [6, 6.07) is 10.2. The van der Waals surface area contributed by atoms with Gasteiger partial charge >= 0.3 is 5.97 Å². The molecule has 0 aliphatic carbocycles. The minimum absolute atomic E-state index is 0.201. The average Bonchev–Trinajstić information content (AvgIpc) is 2.96. The molecule has 0 saturated heterocycles. The number of aromatic carboxylic acids is 1. The fourth-order valence-electron chi connectivity index (χ4n) is 2.26. The number of hydrogen-bond donors (Lipinski definition) is 2. The summed E-state index contributed by atoms with van der Waals surface area (Å²) in [5.74, 6) is 0.937. The number of carbonyl (C=O) groups is 1. The molecule has 0 aliphatic rings. The van der Waals surface area contributed by atoms with E-state index in [0.29, 0.717) is 22.8 Å². The Kier molecular flexibility index (Phi) is 3.42. The number of benzene rings is 2. The normalized spacial score (nSPS) is 10.6. The maximum absolute atomic E-state index is 11.0. The Hall–Kier alpha value is -3.02. The third kappa shape index (κ3) is 2.35. The predicted molar refractivity (Wildman–Crippen MR) is 81.6 cm³/mol. The van der Waals surface area contributed by atoms with Gasteiger partial charge in [0.2, 0.25) is 0 Å². The first-order valence-corrected chi connectivity index (χ1v) is 6.58. The number of carboxylic acids is 1. The van der Waals surface area contributed by atoms with Crippen LogP contribution in [0.15, 0.2) is 36.4 Å². The van der Waals surface area contributed by atoms with Gasteiger partial charge in [-0.2, -0.15) is 0 Å². The van der Waals surface area contributed by atoms with Crippen molar-refractivity contribution in [2.24, 2.45) is 0 Å². The highest BCUT2D eigenvalue weighted by molar-refractivity contribution is 5.93. The van der Waals surface area contributed by atoms with Crippen molar-refractivity contribution in [1.29, 1.82) is 0 Å². The molecule has 1 aromatic heterocycles. The number of carboxylic acid groups (broad SMARTS) is 1. The van der Waals surface area contributed by atoms with Crippen LogP contribution in [-0.4, -0.2) is 35.3 Å². The van der Waals surface area contributed by atoms with Crippen LogP contribution in [0.1, 0.15) is 10.4 Å². The second kappa shape index (κ2) is 5.40. The number of hydrogen-bond acceptors (Lipinski definition) is 4. The summed E-state index contributed by atoms with van der Waals surface area (Å²) in [7, 11) is 3.16. The molecule has 2 aromatic carbocycles. The van der Waals surface area contributed by atoms with Gasteiger partial charge in [-0.3, -0.25) is 0 Å². The molecule has 0 amide bonds. The van der Waals surface area contributed by atoms with Crippen LogP contribution in [0, 0.1) is 0 Å². The fraction of sp³-hybridized carbons (Fsp3) is 0.125. The first kappa shape index (κ1) is 13.9. The van der Waals surface area contributed by atoms with Crippen molar-refractivity contribution in [3.8, 4) is 22.9 Å². The van der Waals surface area contributed by atoms with Crippen molar-refractivity contribution in [1.82, 2.24) is 9.97 Å². The third-order valence-corrected chi connectivity index (χ3v) is 3.39. The fourth-order valence-corrected chi connectivity index (χ4v) is 2.26. The molecule has 1 heterocycles. The SMILES string of the molecule is COc1ccc(-c2nc3cc(C(=O)O)ccc3[nH]2)c(OC)c1. The molecule has 0 spiro atoms. The molecule has 22 heavy (non-hydrogen) atoms. The molecule has 0 fully saturated rings. The summed E-state index contributed by atoms with van der Waals surface area (Å²) in [6.45, 7) is 0. The van der Waals surface area contributed by atoms with E-state index in [2.05, 4.69) is 9.97 Å². The molecule has 0 atom stereocenters. The lowest BCUT2D eigenvalue weighted by Crippen LogP contribution is -1.94. The molecule has 6 heteroatoms. The monoisotopic (exact) mass is 298 g/mol. The van der Waals surface area contributed by atoms with Crippen LogP contribution < -0.4 is 9.47 Å². The summed E-state index contributed by atoms with van der Waals surface area (Å²) in [6.07, 6.45) is 0. The van der Waals surface area contributed by atoms with Crippen molar-refractivity contribution in [2.75, 3.05) is 14.2 Å². The van der Waals surface area contributed by atoms with E-state index in [0.717, 1.165) is 11.1 Å². The maximum atomic E-state index is 11.0. The zero-order valence-corrected chi connectivity index (χ0v) is 12.1. The van der Waals surface area contributed by atoms with Crippen LogP contribution in [0.2, 0.25) is 0 Å². The quantitative estimate of drug-likeness (QED) is 0.773. The minimum atomic E-state index is -0.978. The number of ether oxygens (including phenoxy) is 2. The predicted octanol–water partition coefficient (Wildman–Crippen LogP) is 2.95. The Labute approximate surface area is 126 Å². The lowest BCUT2D eigenvalue weighted by molar-refractivity contribution is 0.0697. The maximum Gasteiger partial charge on any atom is 0.335 e. The van der Waals surface area contributed by atoms with Gasteiger partial charge in [-0.1, -0.05) is 0 Å². The third-order valence-electron chi connectivity index (χ3n) is 3.39. The van der Waals surface area contributed by atoms with E-state index in [4.69, 9.17) is 14.6 Å². The molecule has 3 rings (SSSR count). The standard InChI is InChI=1S/C16H14N2O4/c1-21-10-4-5-11(14(8-10)22-2)15-17-12-6-3-9(16(19)20)7-13(12)18-15/h3-8H,1-2H3,(H,17,18)(H,19,20). The number of aromatic amines is 1. The summed E-state index contributed by atoms with van der Waals surface area (Å²) >= 11 is 0. The Morgan fingerprint density at radius 3 is 2.64 bits per heavy atom. The van der Waals surface area contributed by atoms with Crippen LogP contribution in [0.25, 0.3) is 22.4 Å². The highest BCUT2D eigenvalue weighted by atomic mass is 16.5. The molecule has 0 unspecified atom stereocenters. The number of rotatable bonds is 4. The van der Waals surface area contributed by atoms with Crippen molar-refractivity contribution in [2.45, 2.75) is 0 Å². The number of methoxy groups -OCH3 is 2. The number of imidazole rings is 1. The van der Waals surface area contributed by atoms with Crippen molar-refractivity contribution < 1.29 is 19.4 Å². The number of fused-ring (bicyclic) bond motifs is 1. The zero-order chi connectivity index (χ0) is 15.7. The second-order valence-corrected chi connectivity index (χ2v) is 4.69. The van der Waals surface area contributed by atoms with Crippen molar-refractivity contribution >= 4 is 17.0 Å². The molecular weight excluding hydrogens is 284 g/mol. The Morgan fingerprint density at radius 2 is 1.95 bits per heavy atom. The Balaban J connectivity index is 2.12. The molecule has 0 radical (unpaired) electrons. The largest absolute Gasteiger partial charge is 0.497 e. The Bertz CT molecular complexity index is 854. The molecule has 0 aliphatic heterocycles. The first-order chi connectivity index (χ1) is 10.6. The number of aromatic nitrogens is 2. The van der Waals surface area contributed by atoms with E-state index in [-0.39, 0.29) is 5.56 Å². The van der Waals surface area contributed by atoms with Gasteiger partial charge in [-0.25, -0.2) is 9.78 Å². The smallest absolute Gasteiger partial charge is 0.335 e. The lowest BCUT2D eigenvalue weighted by Gasteiger charge is -2.08. The van der Waals surface area contributed by atoms with Gasteiger partial charge in [-0.15, -0.1) is 0 Å². The van der Waals surface area contributed by atoms with Gasteiger partial charge < -0.3 is 19.6 Å². The van der Waals surface area contributed by atoms with Crippen LogP contribution in [0.5, 0.6) is 11.5 Å². The zero-order valence-electron chi connectivity index (χ0n) is 12.1. The van der Waals surface area contributed by atoms with Gasteiger partial charge in [0.25, 0.3) is 0 Å². The molecule has 6 nitrogen and oxygen atoms in total. The van der Waals surface area contributed by atoms with Crippen LogP contribution in [0.3, 0.4) is 0 Å². The van der Waals surface area contributed by atoms with Gasteiger partial charge in [0.05, 0.1) is 36.4 Å². The van der Waals surface area contributed by atoms with Gasteiger partial charge in [0.1, 0.15) is 17.3 Å². The van der Waals surface area contributed by atoms with E-state index >= 15 is 0 Å². The number of nitrogens with zero attached hydrogens (tertiary/aromatic N) is 1. The van der Waals surface area contributed by atoms with Crippen LogP contribution >= 0.6 is 0 Å². The number of nitrogens with one attached hydrogen (secondary N) is 1. The van der Waals surface area contributed by atoms with E-state index in [1.807, 2.05) is 12.1 Å². The molecule has 2 N–H and O–H groups in total. The van der Waals surface area contributed by atoms with Crippen molar-refractivity contribution in [3.05, 3.63) is 42.0 Å². The van der Waals surface area contributed by atoms with Gasteiger partial charge in [0.15, 0.2) is 0 Å². The summed E-state index contributed by atoms with van der Waals surface area (Å²) < 4.78 is 10.5. The topological polar surface area (TPSA) is 84.4 Å². The number of H-pyrrole nitrogens is 1. The summed E-state index contributed by atoms with van der Waals surface area (Å²) in [4.78, 5) is 18.6. The molecular formula is C16H14N2O4. The molecule has 0 saturated carbocycles. The lowest BCUT2D eigenvalue weighted by atomic mass is 10.2. The Morgan fingerprint density at radius 1 is 1.14 bits per heavy atom. The second-order valence-electron chi connectivity index (χ2n) is 4.69. The van der Waals surface area contributed by atoms with E-state index in [9.17, 15) is 4.79 Å². The molecule has 0 bridgehead atoms. The van der Waals surface area contributed by atoms with Gasteiger partial charge in [-0.05, 0) is 30.3 Å². The highest BCUT2D eigenvalue weighted by Crippen LogP contribution is 2.32. The molecule has 3 aromatic rings. The van der Waals surface area contributed by atoms with Gasteiger partial charge in [0, 0.05) is 6.07 Å². The van der Waals surface area contributed by atoms with Crippen LogP contribution in [0.4, 0.5) is 0 Å². The first-order valence-electron chi connectivity index (χ1n) is 6.58.